The number of carboxylic acids is 1. The Morgan fingerprint density at radius 2 is 1.56 bits per heavy atom. The molecule has 186 valence electrons. The maximum atomic E-state index is 13.4. The fraction of sp³-hybridized carbons (Fsp3) is 0.167. The Hall–Kier alpha value is -3.90. The number of sulfonamides is 1. The van der Waals surface area contributed by atoms with Crippen LogP contribution in [0.2, 0.25) is 0 Å². The zero-order valence-corrected chi connectivity index (χ0v) is 19.0. The van der Waals surface area contributed by atoms with Gasteiger partial charge in [0.05, 0.1) is 11.3 Å². The number of carboxylic acid groups (broad SMARTS) is 1. The smallest absolute Gasteiger partial charge is 0.416 e. The minimum atomic E-state index is -4.87. The molecule has 12 heteroatoms. The summed E-state index contributed by atoms with van der Waals surface area (Å²) in [5.41, 5.74) is 1.60. The fourth-order valence-electron chi connectivity index (χ4n) is 4.54. The Balaban J connectivity index is 1.52. The zero-order chi connectivity index (χ0) is 25.8. The second-order valence-corrected chi connectivity index (χ2v) is 9.90. The molecule has 0 radical (unpaired) electrons. The van der Waals surface area contributed by atoms with Gasteiger partial charge in [0.2, 0.25) is 16.2 Å². The molecule has 1 heterocycles. The molecule has 0 aromatic heterocycles. The Morgan fingerprint density at radius 1 is 0.972 bits per heavy atom. The molecule has 1 aliphatic heterocycles. The van der Waals surface area contributed by atoms with E-state index in [1.807, 2.05) is 53.3 Å². The van der Waals surface area contributed by atoms with Crippen molar-refractivity contribution in [3.05, 3.63) is 83.4 Å². The van der Waals surface area contributed by atoms with Crippen molar-refractivity contribution in [1.29, 1.82) is 0 Å². The molecule has 5 rings (SSSR count). The first kappa shape index (κ1) is 23.8. The number of fused-ring (bicyclic) bond motifs is 4. The molecule has 0 bridgehead atoms. The molecular weight excluding hydrogens is 501 g/mol. The summed E-state index contributed by atoms with van der Waals surface area (Å²) in [4.78, 5) is 24.7. The lowest BCUT2D eigenvalue weighted by Gasteiger charge is -2.34. The first-order valence-corrected chi connectivity index (χ1v) is 12.1. The Bertz CT molecular complexity index is 1460. The predicted octanol–water partition coefficient (Wildman–Crippen LogP) is 4.16. The molecule has 3 aromatic rings. The number of aliphatic carboxylic acids is 1. The van der Waals surface area contributed by atoms with Crippen molar-refractivity contribution in [2.24, 2.45) is 0 Å². The minimum absolute atomic E-state index is 0.253. The van der Waals surface area contributed by atoms with Crippen LogP contribution in [-0.4, -0.2) is 38.4 Å². The first-order valence-electron chi connectivity index (χ1n) is 10.6. The number of anilines is 1. The summed E-state index contributed by atoms with van der Waals surface area (Å²) in [6.45, 7) is -0.253. The first-order chi connectivity index (χ1) is 17.0. The number of nitrogens with one attached hydrogen (secondary N) is 1. The van der Waals surface area contributed by atoms with Crippen LogP contribution in [0.4, 0.5) is 23.7 Å². The fourth-order valence-corrected chi connectivity index (χ4v) is 5.85. The summed E-state index contributed by atoms with van der Waals surface area (Å²) in [5, 5.41) is 9.59. The number of nitrogens with zero attached hydrogens (tertiary/aromatic N) is 1. The van der Waals surface area contributed by atoms with Gasteiger partial charge in [-0.1, -0.05) is 48.5 Å². The molecule has 36 heavy (non-hydrogen) atoms. The van der Waals surface area contributed by atoms with Crippen molar-refractivity contribution in [3.8, 4) is 11.1 Å². The molecule has 1 unspecified atom stereocenters. The third-order valence-electron chi connectivity index (χ3n) is 6.13. The van der Waals surface area contributed by atoms with E-state index in [0.717, 1.165) is 22.3 Å². The average Bonchev–Trinajstić information content (AvgIpc) is 3.15. The van der Waals surface area contributed by atoms with Crippen LogP contribution in [0.3, 0.4) is 0 Å². The van der Waals surface area contributed by atoms with E-state index in [0.29, 0.717) is 23.1 Å². The highest BCUT2D eigenvalue weighted by Gasteiger charge is 2.45. The molecule has 0 spiro atoms. The van der Waals surface area contributed by atoms with E-state index in [4.69, 9.17) is 4.74 Å². The molecule has 1 amide bonds. The van der Waals surface area contributed by atoms with Crippen molar-refractivity contribution in [2.45, 2.75) is 23.2 Å². The van der Waals surface area contributed by atoms with E-state index in [1.54, 1.807) is 0 Å². The van der Waals surface area contributed by atoms with Crippen LogP contribution in [0.5, 0.6) is 0 Å². The number of hydrogen-bond acceptors (Lipinski definition) is 5. The van der Waals surface area contributed by atoms with Crippen LogP contribution >= 0.6 is 0 Å². The summed E-state index contributed by atoms with van der Waals surface area (Å²) in [6, 6.07) is 16.5. The topological polar surface area (TPSA) is 113 Å². The lowest BCUT2D eigenvalue weighted by Crippen LogP contribution is -2.59. The van der Waals surface area contributed by atoms with Crippen LogP contribution < -0.4 is 9.62 Å². The van der Waals surface area contributed by atoms with E-state index in [2.05, 4.69) is 0 Å². The Kier molecular flexibility index (Phi) is 5.52. The monoisotopic (exact) mass is 518 g/mol. The molecule has 2 aliphatic rings. The van der Waals surface area contributed by atoms with Crippen LogP contribution in [0.1, 0.15) is 22.6 Å². The molecule has 8 nitrogen and oxygen atoms in total. The lowest BCUT2D eigenvalue weighted by molar-refractivity contribution is -0.139. The van der Waals surface area contributed by atoms with Crippen molar-refractivity contribution in [2.75, 3.05) is 11.5 Å². The van der Waals surface area contributed by atoms with Gasteiger partial charge < -0.3 is 9.84 Å². The number of halogens is 3. The van der Waals surface area contributed by atoms with Crippen molar-refractivity contribution in [3.63, 3.8) is 0 Å². The van der Waals surface area contributed by atoms with Gasteiger partial charge in [-0.05, 0) is 40.5 Å². The summed E-state index contributed by atoms with van der Waals surface area (Å²) < 4.78 is 72.3. The second kappa shape index (κ2) is 8.35. The van der Waals surface area contributed by atoms with Crippen LogP contribution in [0, 0.1) is 0 Å². The Labute approximate surface area is 203 Å². The molecule has 3 aromatic carbocycles. The van der Waals surface area contributed by atoms with Gasteiger partial charge in [0.1, 0.15) is 11.5 Å². The van der Waals surface area contributed by atoms with Crippen molar-refractivity contribution >= 4 is 27.8 Å². The standard InChI is InChI=1S/C24H17F3N2O6S/c25-24(26,27)13-9-10-20-19(11-13)29(21(22(30)31)28-36(20,33)34)23(32)35-12-18-16-7-3-1-5-14(16)15-6-2-4-8-17(15)18/h1-11,18,21,28H,12H2,(H,30,31). The number of amides is 1. The summed E-state index contributed by atoms with van der Waals surface area (Å²) in [6.07, 6.45) is -8.39. The lowest BCUT2D eigenvalue weighted by atomic mass is 9.98. The van der Waals surface area contributed by atoms with Gasteiger partial charge >= 0.3 is 18.2 Å². The molecule has 1 atom stereocenters. The van der Waals surface area contributed by atoms with Gasteiger partial charge in [0, 0.05) is 5.92 Å². The van der Waals surface area contributed by atoms with E-state index in [1.165, 1.54) is 0 Å². The highest BCUT2D eigenvalue weighted by Crippen LogP contribution is 2.45. The molecule has 0 fully saturated rings. The van der Waals surface area contributed by atoms with Gasteiger partial charge in [0.15, 0.2) is 0 Å². The molecule has 2 N–H and O–H groups in total. The number of ether oxygens (including phenoxy) is 1. The minimum Gasteiger partial charge on any atom is -0.479 e. The van der Waals surface area contributed by atoms with Gasteiger partial charge in [-0.15, -0.1) is 0 Å². The van der Waals surface area contributed by atoms with Gasteiger partial charge in [-0.2, -0.15) is 17.9 Å². The van der Waals surface area contributed by atoms with E-state index in [-0.39, 0.29) is 6.61 Å². The van der Waals surface area contributed by atoms with Gasteiger partial charge in [-0.25, -0.2) is 22.9 Å². The van der Waals surface area contributed by atoms with Crippen molar-refractivity contribution in [1.82, 2.24) is 4.72 Å². The number of rotatable bonds is 3. The van der Waals surface area contributed by atoms with Gasteiger partial charge in [0.25, 0.3) is 0 Å². The highest BCUT2D eigenvalue weighted by molar-refractivity contribution is 7.89. The summed E-state index contributed by atoms with van der Waals surface area (Å²) >= 11 is 0. The second-order valence-electron chi connectivity index (χ2n) is 8.22. The van der Waals surface area contributed by atoms with Crippen LogP contribution in [-0.2, 0) is 25.7 Å². The quantitative estimate of drug-likeness (QED) is 0.539. The zero-order valence-electron chi connectivity index (χ0n) is 18.2. The predicted molar refractivity (Wildman–Crippen MR) is 121 cm³/mol. The maximum absolute atomic E-state index is 13.4. The number of carbonyl (C=O) groups is 2. The number of alkyl halides is 3. The molecular formula is C24H17F3N2O6S. The third kappa shape index (κ3) is 3.88. The van der Waals surface area contributed by atoms with Crippen LogP contribution in [0.25, 0.3) is 11.1 Å². The van der Waals surface area contributed by atoms with E-state index in [9.17, 15) is 36.3 Å². The normalized spacial score (nSPS) is 18.2. The third-order valence-corrected chi connectivity index (χ3v) is 7.58. The van der Waals surface area contributed by atoms with Gasteiger partial charge in [-0.3, -0.25) is 0 Å². The van der Waals surface area contributed by atoms with E-state index >= 15 is 0 Å². The maximum Gasteiger partial charge on any atom is 0.416 e. The van der Waals surface area contributed by atoms with Crippen molar-refractivity contribution < 1.29 is 41.0 Å². The summed E-state index contributed by atoms with van der Waals surface area (Å²) in [5.74, 6) is -2.21. The highest BCUT2D eigenvalue weighted by atomic mass is 32.2. The largest absolute Gasteiger partial charge is 0.479 e. The molecule has 0 saturated carbocycles. The SMILES string of the molecule is O=C(O)C1NS(=O)(=O)c2ccc(C(F)(F)F)cc2N1C(=O)OCC1c2ccccc2-c2ccccc21. The summed E-state index contributed by atoms with van der Waals surface area (Å²) in [7, 11) is -4.52. The Morgan fingerprint density at radius 3 is 2.11 bits per heavy atom. The molecule has 0 saturated heterocycles. The number of hydrogen-bond donors (Lipinski definition) is 2. The number of carbonyl (C=O) groups excluding carboxylic acids is 1. The molecule has 1 aliphatic carbocycles. The average molecular weight is 518 g/mol. The van der Waals surface area contributed by atoms with E-state index < -0.39 is 56.5 Å². The van der Waals surface area contributed by atoms with Crippen LogP contribution in [0.15, 0.2) is 71.6 Å². The number of benzene rings is 3.